The highest BCUT2D eigenvalue weighted by Crippen LogP contribution is 2.38. The van der Waals surface area contributed by atoms with Gasteiger partial charge < -0.3 is 20.9 Å². The molecule has 0 spiro atoms. The average molecular weight is 366 g/mol. The summed E-state index contributed by atoms with van der Waals surface area (Å²) in [6.07, 6.45) is 0.997. The van der Waals surface area contributed by atoms with Crippen molar-refractivity contribution in [3.8, 4) is 11.5 Å². The van der Waals surface area contributed by atoms with Crippen LogP contribution in [0.2, 0.25) is 0 Å². The van der Waals surface area contributed by atoms with Crippen molar-refractivity contribution >= 4 is 27.0 Å². The molecule has 0 unspecified atom stereocenters. The first-order valence-electron chi connectivity index (χ1n) is 7.19. The van der Waals surface area contributed by atoms with Crippen LogP contribution in [0.1, 0.15) is 17.3 Å². The molecule has 0 aromatic heterocycles. The minimum absolute atomic E-state index is 0.00583. The number of nitrogens with two attached hydrogens (primary N) is 2. The second kappa shape index (κ2) is 8.50. The summed E-state index contributed by atoms with van der Waals surface area (Å²) in [7, 11) is -0.465. The van der Waals surface area contributed by atoms with Gasteiger partial charge in [0.05, 0.1) is 11.3 Å². The zero-order chi connectivity index (χ0) is 19.2. The smallest absolute Gasteiger partial charge is 0.181 e. The molecule has 136 valence electrons. The largest absolute Gasteiger partial charge is 0.456 e. The number of rotatable bonds is 4. The lowest BCUT2D eigenvalue weighted by molar-refractivity contribution is 0.101. The van der Waals surface area contributed by atoms with E-state index < -0.39 is 15.6 Å². The van der Waals surface area contributed by atoms with Crippen molar-refractivity contribution in [1.29, 1.82) is 0 Å². The number of para-hydroxylation sites is 1. The van der Waals surface area contributed by atoms with Gasteiger partial charge in [-0.05, 0) is 19.1 Å². The summed E-state index contributed by atoms with van der Waals surface area (Å²) >= 11 is 0. The molecule has 2 aromatic rings. The van der Waals surface area contributed by atoms with Gasteiger partial charge in [0.25, 0.3) is 0 Å². The minimum Gasteiger partial charge on any atom is -0.456 e. The van der Waals surface area contributed by atoms with Gasteiger partial charge >= 0.3 is 0 Å². The molecule has 0 heterocycles. The molecule has 0 amide bonds. The molecule has 4 N–H and O–H groups in total. The van der Waals surface area contributed by atoms with Crippen molar-refractivity contribution in [3.63, 3.8) is 0 Å². The summed E-state index contributed by atoms with van der Waals surface area (Å²) in [5.41, 5.74) is 11.5. The molecule has 25 heavy (non-hydrogen) atoms. The summed E-state index contributed by atoms with van der Waals surface area (Å²) in [5.74, 6) is 0.0154. The number of hydrogen-bond acceptors (Lipinski definition) is 7. The van der Waals surface area contributed by atoms with Crippen molar-refractivity contribution in [2.24, 2.45) is 0 Å². The van der Waals surface area contributed by atoms with Gasteiger partial charge in [-0.1, -0.05) is 18.2 Å². The zero-order valence-electron chi connectivity index (χ0n) is 14.6. The average Bonchev–Trinajstić information content (AvgIpc) is 2.46. The maximum Gasteiger partial charge on any atom is 0.181 e. The highest BCUT2D eigenvalue weighted by molar-refractivity contribution is 7.91. The highest BCUT2D eigenvalue weighted by Gasteiger charge is 2.25. The minimum atomic E-state index is -3.71. The molecule has 0 fully saturated rings. The van der Waals surface area contributed by atoms with Crippen LogP contribution in [0, 0.1) is 0 Å². The lowest BCUT2D eigenvalue weighted by Crippen LogP contribution is -2.12. The number of carbonyl (C=O) groups excluding carboxylic acids is 1. The fraction of sp³-hybridized carbons (Fsp3) is 0.235. The standard InChI is InChI=1S/C15H16N2O4S.C2H6O/c1-9(18)13-11(16)8-12(15(14(13)17)22(2,19)20)21-10-6-4-3-5-7-10;1-3-2/h3-8H,16-17H2,1-2H3;1-2H3. The van der Waals surface area contributed by atoms with E-state index in [1.807, 2.05) is 0 Å². The maximum atomic E-state index is 12.0. The number of ether oxygens (including phenoxy) is 2. The Kier molecular flexibility index (Phi) is 6.96. The number of sulfone groups is 1. The third kappa shape index (κ3) is 5.20. The van der Waals surface area contributed by atoms with Gasteiger partial charge in [0.2, 0.25) is 0 Å². The summed E-state index contributed by atoms with van der Waals surface area (Å²) in [6.45, 7) is 1.27. The molecular weight excluding hydrogens is 344 g/mol. The quantitative estimate of drug-likeness (QED) is 0.629. The molecule has 0 aliphatic carbocycles. The molecular formula is C17H22N2O5S. The Bertz CT molecular complexity index is 849. The second-order valence-electron chi connectivity index (χ2n) is 5.23. The van der Waals surface area contributed by atoms with Crippen LogP contribution in [0.3, 0.4) is 0 Å². The Morgan fingerprint density at radius 1 is 1.08 bits per heavy atom. The molecule has 8 heteroatoms. The number of hydrogen-bond donors (Lipinski definition) is 2. The van der Waals surface area contributed by atoms with E-state index >= 15 is 0 Å². The Morgan fingerprint density at radius 2 is 1.60 bits per heavy atom. The number of ketones is 1. The maximum absolute atomic E-state index is 12.0. The predicted octanol–water partition coefficient (Wildman–Crippen LogP) is 2.51. The van der Waals surface area contributed by atoms with Crippen LogP contribution in [0.4, 0.5) is 11.4 Å². The topological polar surface area (TPSA) is 122 Å². The molecule has 0 saturated carbocycles. The molecule has 0 aliphatic heterocycles. The Morgan fingerprint density at radius 3 is 2.04 bits per heavy atom. The van der Waals surface area contributed by atoms with Crippen LogP contribution in [-0.4, -0.2) is 34.7 Å². The summed E-state index contributed by atoms with van der Waals surface area (Å²) < 4.78 is 33.9. The number of benzene rings is 2. The van der Waals surface area contributed by atoms with Gasteiger partial charge in [-0.2, -0.15) is 0 Å². The monoisotopic (exact) mass is 366 g/mol. The lowest BCUT2D eigenvalue weighted by atomic mass is 10.1. The van der Waals surface area contributed by atoms with E-state index in [0.29, 0.717) is 5.75 Å². The number of carbonyl (C=O) groups is 1. The van der Waals surface area contributed by atoms with Crippen molar-refractivity contribution in [1.82, 2.24) is 0 Å². The Hall–Kier alpha value is -2.58. The fourth-order valence-electron chi connectivity index (χ4n) is 2.15. The first-order valence-corrected chi connectivity index (χ1v) is 9.08. The van der Waals surface area contributed by atoms with Crippen molar-refractivity contribution < 1.29 is 22.7 Å². The number of Topliss-reactive ketones (excluding diaryl/α,β-unsaturated/α-hetero) is 1. The van der Waals surface area contributed by atoms with Gasteiger partial charge in [0.1, 0.15) is 16.4 Å². The summed E-state index contributed by atoms with van der Waals surface area (Å²) in [5, 5.41) is 0. The van der Waals surface area contributed by atoms with Crippen LogP contribution in [0.5, 0.6) is 11.5 Å². The molecule has 2 aromatic carbocycles. The number of nitrogen functional groups attached to an aromatic ring is 2. The van der Waals surface area contributed by atoms with Crippen molar-refractivity contribution in [2.75, 3.05) is 31.9 Å². The van der Waals surface area contributed by atoms with E-state index in [-0.39, 0.29) is 27.6 Å². The van der Waals surface area contributed by atoms with Gasteiger partial charge in [-0.15, -0.1) is 0 Å². The first kappa shape index (κ1) is 20.5. The predicted molar refractivity (Wildman–Crippen MR) is 97.8 cm³/mol. The fourth-order valence-corrected chi connectivity index (χ4v) is 3.11. The van der Waals surface area contributed by atoms with Gasteiger partial charge in [0, 0.05) is 32.2 Å². The molecule has 0 aliphatic rings. The van der Waals surface area contributed by atoms with E-state index in [2.05, 4.69) is 4.74 Å². The lowest BCUT2D eigenvalue weighted by Gasteiger charge is -2.16. The molecule has 0 atom stereocenters. The van der Waals surface area contributed by atoms with Crippen molar-refractivity contribution in [3.05, 3.63) is 42.0 Å². The third-order valence-corrected chi connectivity index (χ3v) is 4.17. The molecule has 0 bridgehead atoms. The van der Waals surface area contributed by atoms with Crippen LogP contribution in [0.15, 0.2) is 41.3 Å². The first-order chi connectivity index (χ1) is 11.6. The van der Waals surface area contributed by atoms with Gasteiger partial charge in [0.15, 0.2) is 15.6 Å². The normalized spacial score (nSPS) is 10.6. The SMILES string of the molecule is CC(=O)c1c(N)cc(Oc2ccccc2)c(S(C)(=O)=O)c1N.COC. The molecule has 7 nitrogen and oxygen atoms in total. The molecule has 0 saturated heterocycles. The Labute approximate surface area is 147 Å². The van der Waals surface area contributed by atoms with Gasteiger partial charge in [-0.25, -0.2) is 8.42 Å². The molecule has 2 rings (SSSR count). The number of methoxy groups -OCH3 is 1. The van der Waals surface area contributed by atoms with Crippen molar-refractivity contribution in [2.45, 2.75) is 11.8 Å². The van der Waals surface area contributed by atoms with E-state index in [1.54, 1.807) is 44.6 Å². The second-order valence-corrected chi connectivity index (χ2v) is 7.19. The summed E-state index contributed by atoms with van der Waals surface area (Å²) in [4.78, 5) is 11.4. The van der Waals surface area contributed by atoms with Crippen LogP contribution >= 0.6 is 0 Å². The van der Waals surface area contributed by atoms with Crippen LogP contribution in [-0.2, 0) is 14.6 Å². The third-order valence-electron chi connectivity index (χ3n) is 3.01. The van der Waals surface area contributed by atoms with E-state index in [1.165, 1.54) is 13.0 Å². The van der Waals surface area contributed by atoms with Crippen LogP contribution in [0.25, 0.3) is 0 Å². The van der Waals surface area contributed by atoms with Crippen LogP contribution < -0.4 is 16.2 Å². The number of anilines is 2. The van der Waals surface area contributed by atoms with E-state index in [0.717, 1.165) is 6.26 Å². The summed E-state index contributed by atoms with van der Waals surface area (Å²) in [6, 6.07) is 9.91. The molecule has 0 radical (unpaired) electrons. The van der Waals surface area contributed by atoms with E-state index in [4.69, 9.17) is 16.2 Å². The highest BCUT2D eigenvalue weighted by atomic mass is 32.2. The zero-order valence-corrected chi connectivity index (χ0v) is 15.4. The van der Waals surface area contributed by atoms with E-state index in [9.17, 15) is 13.2 Å². The van der Waals surface area contributed by atoms with Gasteiger partial charge in [-0.3, -0.25) is 4.79 Å². The Balaban J connectivity index is 0.000000970.